The van der Waals surface area contributed by atoms with Crippen LogP contribution in [-0.4, -0.2) is 43.5 Å². The van der Waals surface area contributed by atoms with E-state index >= 15 is 0 Å². The molecule has 3 atom stereocenters. The predicted octanol–water partition coefficient (Wildman–Crippen LogP) is 1.68. The van der Waals surface area contributed by atoms with Gasteiger partial charge in [-0.05, 0) is 26.0 Å². The normalized spacial score (nSPS) is 28.2. The zero-order chi connectivity index (χ0) is 12.2. The molecule has 1 aliphatic rings. The third-order valence-corrected chi connectivity index (χ3v) is 6.25. The van der Waals surface area contributed by atoms with Crippen molar-refractivity contribution < 1.29 is 8.42 Å². The Morgan fingerprint density at radius 2 is 2.12 bits per heavy atom. The highest BCUT2D eigenvalue weighted by molar-refractivity contribution is 7.99. The number of sulfone groups is 1. The fourth-order valence-electron chi connectivity index (χ4n) is 2.31. The van der Waals surface area contributed by atoms with Crippen LogP contribution in [0.5, 0.6) is 0 Å². The van der Waals surface area contributed by atoms with E-state index in [4.69, 9.17) is 0 Å². The molecule has 0 aromatic rings. The van der Waals surface area contributed by atoms with Gasteiger partial charge < -0.3 is 5.32 Å². The van der Waals surface area contributed by atoms with Crippen molar-refractivity contribution in [2.24, 2.45) is 0 Å². The Bertz CT molecular complexity index is 303. The van der Waals surface area contributed by atoms with Crippen LogP contribution in [0.2, 0.25) is 0 Å². The summed E-state index contributed by atoms with van der Waals surface area (Å²) >= 11 is 1.89. The smallest absolute Gasteiger partial charge is 0.151 e. The molecule has 0 radical (unpaired) electrons. The highest BCUT2D eigenvalue weighted by Crippen LogP contribution is 2.28. The summed E-state index contributed by atoms with van der Waals surface area (Å²) in [5, 5.41) is 4.13. The first-order valence-electron chi connectivity index (χ1n) is 5.97. The average Bonchev–Trinajstić information content (AvgIpc) is 2.64. The second kappa shape index (κ2) is 6.26. The zero-order valence-electron chi connectivity index (χ0n) is 10.4. The molecule has 0 aromatic carbocycles. The van der Waals surface area contributed by atoms with Crippen LogP contribution in [0.25, 0.3) is 0 Å². The van der Waals surface area contributed by atoms with Crippen molar-refractivity contribution in [1.82, 2.24) is 5.32 Å². The molecule has 0 heterocycles. The van der Waals surface area contributed by atoms with Gasteiger partial charge >= 0.3 is 0 Å². The van der Waals surface area contributed by atoms with Gasteiger partial charge in [-0.25, -0.2) is 8.42 Å². The van der Waals surface area contributed by atoms with Crippen LogP contribution < -0.4 is 5.32 Å². The second-order valence-corrected chi connectivity index (χ2v) is 8.05. The standard InChI is InChI=1S/C11H23NO2S2/c1-4-16(13,14)8-9(2)12-10-6-5-7-11(10)15-3/h9-12H,4-8H2,1-3H3. The maximum absolute atomic E-state index is 11.5. The number of hydrogen-bond donors (Lipinski definition) is 1. The topological polar surface area (TPSA) is 46.2 Å². The molecule has 0 bridgehead atoms. The Morgan fingerprint density at radius 1 is 1.44 bits per heavy atom. The summed E-state index contributed by atoms with van der Waals surface area (Å²) < 4.78 is 23.0. The summed E-state index contributed by atoms with van der Waals surface area (Å²) in [5.41, 5.74) is 0. The van der Waals surface area contributed by atoms with Crippen LogP contribution in [0.1, 0.15) is 33.1 Å². The van der Waals surface area contributed by atoms with Gasteiger partial charge in [-0.15, -0.1) is 0 Å². The van der Waals surface area contributed by atoms with Crippen LogP contribution in [0.4, 0.5) is 0 Å². The van der Waals surface area contributed by atoms with E-state index in [0.717, 1.165) is 0 Å². The van der Waals surface area contributed by atoms with Crippen molar-refractivity contribution in [1.29, 1.82) is 0 Å². The molecule has 5 heteroatoms. The van der Waals surface area contributed by atoms with Crippen molar-refractivity contribution in [3.05, 3.63) is 0 Å². The molecule has 96 valence electrons. The summed E-state index contributed by atoms with van der Waals surface area (Å²) in [5.74, 6) is 0.511. The van der Waals surface area contributed by atoms with Gasteiger partial charge in [-0.1, -0.05) is 13.3 Å². The van der Waals surface area contributed by atoms with Crippen molar-refractivity contribution in [2.75, 3.05) is 17.8 Å². The quantitative estimate of drug-likeness (QED) is 0.794. The van der Waals surface area contributed by atoms with Gasteiger partial charge in [0.1, 0.15) is 0 Å². The summed E-state index contributed by atoms with van der Waals surface area (Å²) in [6, 6.07) is 0.569. The minimum absolute atomic E-state index is 0.0719. The molecule has 1 saturated carbocycles. The van der Waals surface area contributed by atoms with Crippen LogP contribution in [0.15, 0.2) is 0 Å². The number of rotatable bonds is 6. The van der Waals surface area contributed by atoms with Crippen molar-refractivity contribution in [2.45, 2.75) is 50.4 Å². The van der Waals surface area contributed by atoms with Crippen LogP contribution >= 0.6 is 11.8 Å². The highest BCUT2D eigenvalue weighted by Gasteiger charge is 2.28. The third kappa shape index (κ3) is 4.26. The van der Waals surface area contributed by atoms with E-state index in [1.54, 1.807) is 6.92 Å². The SMILES string of the molecule is CCS(=O)(=O)CC(C)NC1CCCC1SC. The van der Waals surface area contributed by atoms with E-state index in [2.05, 4.69) is 11.6 Å². The molecule has 1 rings (SSSR count). The second-order valence-electron chi connectivity index (χ2n) is 4.58. The Kier molecular flexibility index (Phi) is 5.61. The Labute approximate surface area is 104 Å². The van der Waals surface area contributed by atoms with Gasteiger partial charge in [0.05, 0.1) is 5.75 Å². The van der Waals surface area contributed by atoms with E-state index in [1.807, 2.05) is 18.7 Å². The largest absolute Gasteiger partial charge is 0.309 e. The molecule has 1 aliphatic carbocycles. The molecule has 0 spiro atoms. The fourth-order valence-corrected chi connectivity index (χ4v) is 4.35. The lowest BCUT2D eigenvalue weighted by Crippen LogP contribution is -2.43. The summed E-state index contributed by atoms with van der Waals surface area (Å²) in [4.78, 5) is 0. The lowest BCUT2D eigenvalue weighted by Gasteiger charge is -2.23. The molecular weight excluding hydrogens is 242 g/mol. The van der Waals surface area contributed by atoms with Gasteiger partial charge in [0.25, 0.3) is 0 Å². The van der Waals surface area contributed by atoms with Gasteiger partial charge in [0.15, 0.2) is 9.84 Å². The maximum Gasteiger partial charge on any atom is 0.151 e. The average molecular weight is 265 g/mol. The first-order chi connectivity index (χ1) is 7.48. The number of thioether (sulfide) groups is 1. The molecule has 3 nitrogen and oxygen atoms in total. The molecule has 1 N–H and O–H groups in total. The molecule has 3 unspecified atom stereocenters. The first kappa shape index (κ1) is 14.3. The molecule has 16 heavy (non-hydrogen) atoms. The molecule has 0 aliphatic heterocycles. The Hall–Kier alpha value is 0.260. The van der Waals surface area contributed by atoms with Crippen molar-refractivity contribution >= 4 is 21.6 Å². The van der Waals surface area contributed by atoms with E-state index in [-0.39, 0.29) is 17.5 Å². The fraction of sp³-hybridized carbons (Fsp3) is 1.00. The molecule has 0 amide bonds. The summed E-state index contributed by atoms with van der Waals surface area (Å²) in [6.45, 7) is 3.69. The van der Waals surface area contributed by atoms with Gasteiger partial charge in [0, 0.05) is 23.1 Å². The molecular formula is C11H23NO2S2. The summed E-state index contributed by atoms with van der Waals surface area (Å²) in [6.07, 6.45) is 5.84. The Morgan fingerprint density at radius 3 is 2.69 bits per heavy atom. The van der Waals surface area contributed by atoms with E-state index in [1.165, 1.54) is 19.3 Å². The van der Waals surface area contributed by atoms with E-state index < -0.39 is 9.84 Å². The monoisotopic (exact) mass is 265 g/mol. The molecule has 0 aromatic heterocycles. The van der Waals surface area contributed by atoms with Crippen molar-refractivity contribution in [3.63, 3.8) is 0 Å². The van der Waals surface area contributed by atoms with Crippen LogP contribution in [-0.2, 0) is 9.84 Å². The minimum atomic E-state index is -2.85. The number of hydrogen-bond acceptors (Lipinski definition) is 4. The minimum Gasteiger partial charge on any atom is -0.309 e. The van der Waals surface area contributed by atoms with Crippen LogP contribution in [0, 0.1) is 0 Å². The first-order valence-corrected chi connectivity index (χ1v) is 9.08. The van der Waals surface area contributed by atoms with Gasteiger partial charge in [0.2, 0.25) is 0 Å². The highest BCUT2D eigenvalue weighted by atomic mass is 32.2. The zero-order valence-corrected chi connectivity index (χ0v) is 12.0. The van der Waals surface area contributed by atoms with E-state index in [9.17, 15) is 8.42 Å². The number of nitrogens with one attached hydrogen (secondary N) is 1. The third-order valence-electron chi connectivity index (χ3n) is 3.20. The van der Waals surface area contributed by atoms with Gasteiger partial charge in [-0.2, -0.15) is 11.8 Å². The summed E-state index contributed by atoms with van der Waals surface area (Å²) in [7, 11) is -2.85. The Balaban J connectivity index is 2.42. The van der Waals surface area contributed by atoms with Crippen LogP contribution in [0.3, 0.4) is 0 Å². The molecule has 1 fully saturated rings. The maximum atomic E-state index is 11.5. The van der Waals surface area contributed by atoms with E-state index in [0.29, 0.717) is 11.3 Å². The predicted molar refractivity (Wildman–Crippen MR) is 71.9 cm³/mol. The van der Waals surface area contributed by atoms with Gasteiger partial charge in [-0.3, -0.25) is 0 Å². The lowest BCUT2D eigenvalue weighted by molar-refractivity contribution is 0.474. The molecule has 0 saturated heterocycles. The van der Waals surface area contributed by atoms with Crippen molar-refractivity contribution in [3.8, 4) is 0 Å². The lowest BCUT2D eigenvalue weighted by atomic mass is 10.2.